The highest BCUT2D eigenvalue weighted by atomic mass is 79.9. The monoisotopic (exact) mass is 447 g/mol. The van der Waals surface area contributed by atoms with E-state index in [1.807, 2.05) is 35.2 Å². The number of hydrogen-bond donors (Lipinski definition) is 1. The first-order valence-corrected chi connectivity index (χ1v) is 10.4. The van der Waals surface area contributed by atoms with Crippen LogP contribution < -0.4 is 10.1 Å². The Bertz CT molecular complexity index is 949. The van der Waals surface area contributed by atoms with E-state index < -0.39 is 0 Å². The summed E-state index contributed by atoms with van der Waals surface area (Å²) in [6.07, 6.45) is 1.75. The molecule has 3 aromatic rings. The highest BCUT2D eigenvalue weighted by Crippen LogP contribution is 2.21. The highest BCUT2D eigenvalue weighted by molar-refractivity contribution is 9.10. The van der Waals surface area contributed by atoms with Crippen molar-refractivity contribution in [1.82, 2.24) is 15.1 Å². The van der Waals surface area contributed by atoms with Crippen molar-refractivity contribution >= 4 is 33.2 Å². The average Bonchev–Trinajstić information content (AvgIpc) is 3.27. The fourth-order valence-electron chi connectivity index (χ4n) is 2.63. The third-order valence-corrected chi connectivity index (χ3v) is 6.02. The lowest BCUT2D eigenvalue weighted by Crippen LogP contribution is -2.23. The minimum absolute atomic E-state index is 0.0896. The molecule has 2 heterocycles. The number of carbonyl (C=O) groups is 1. The molecule has 1 amide bonds. The molecule has 0 saturated carbocycles. The van der Waals surface area contributed by atoms with Crippen molar-refractivity contribution in [1.29, 1.82) is 0 Å². The summed E-state index contributed by atoms with van der Waals surface area (Å²) in [7, 11) is 0. The standard InChI is InChI=1S/C20H22BrN3O2S/c1-4-24-18(17(21)9-23-24)10-22-20(25)19-8-15(12-27-19)11-26-16-6-5-13(2)14(3)7-16/h5-9,12H,4,10-11H2,1-3H3,(H,22,25). The number of thiophene rings is 1. The number of aryl methyl sites for hydroxylation is 3. The van der Waals surface area contributed by atoms with Gasteiger partial charge in [0.25, 0.3) is 5.91 Å². The first-order valence-electron chi connectivity index (χ1n) is 8.73. The van der Waals surface area contributed by atoms with E-state index in [1.54, 1.807) is 6.20 Å². The summed E-state index contributed by atoms with van der Waals surface area (Å²) >= 11 is 4.90. The first kappa shape index (κ1) is 19.6. The fourth-order valence-corrected chi connectivity index (χ4v) is 3.88. The van der Waals surface area contributed by atoms with Gasteiger partial charge in [0, 0.05) is 12.1 Å². The van der Waals surface area contributed by atoms with E-state index in [9.17, 15) is 4.79 Å². The van der Waals surface area contributed by atoms with E-state index in [0.29, 0.717) is 18.0 Å². The number of hydrogen-bond acceptors (Lipinski definition) is 4. The van der Waals surface area contributed by atoms with Crippen LogP contribution in [-0.2, 0) is 19.7 Å². The third kappa shape index (κ3) is 4.78. The van der Waals surface area contributed by atoms with Gasteiger partial charge in [-0.2, -0.15) is 5.10 Å². The van der Waals surface area contributed by atoms with Gasteiger partial charge in [-0.05, 0) is 71.4 Å². The summed E-state index contributed by atoms with van der Waals surface area (Å²) in [6.45, 7) is 7.80. The predicted molar refractivity (Wildman–Crippen MR) is 111 cm³/mol. The molecule has 2 aromatic heterocycles. The van der Waals surface area contributed by atoms with Crippen molar-refractivity contribution in [3.63, 3.8) is 0 Å². The Balaban J connectivity index is 1.57. The predicted octanol–water partition coefficient (Wildman–Crippen LogP) is 4.85. The largest absolute Gasteiger partial charge is 0.489 e. The molecule has 7 heteroatoms. The topological polar surface area (TPSA) is 56.2 Å². The summed E-state index contributed by atoms with van der Waals surface area (Å²) in [5.74, 6) is 0.751. The van der Waals surface area contributed by atoms with Crippen LogP contribution in [0.1, 0.15) is 39.0 Å². The van der Waals surface area contributed by atoms with Gasteiger partial charge in [0.2, 0.25) is 0 Å². The van der Waals surface area contributed by atoms with Gasteiger partial charge in [-0.1, -0.05) is 6.07 Å². The van der Waals surface area contributed by atoms with Gasteiger partial charge in [-0.25, -0.2) is 0 Å². The molecular formula is C20H22BrN3O2S. The van der Waals surface area contributed by atoms with Crippen LogP contribution in [0.4, 0.5) is 0 Å². The van der Waals surface area contributed by atoms with E-state index in [-0.39, 0.29) is 5.91 Å². The van der Waals surface area contributed by atoms with Crippen molar-refractivity contribution in [3.05, 3.63) is 67.6 Å². The minimum atomic E-state index is -0.0896. The second-order valence-corrected chi connectivity index (χ2v) is 8.06. The average molecular weight is 448 g/mol. The van der Waals surface area contributed by atoms with E-state index >= 15 is 0 Å². The zero-order chi connectivity index (χ0) is 19.4. The second kappa shape index (κ2) is 8.71. The van der Waals surface area contributed by atoms with Crippen LogP contribution in [0.2, 0.25) is 0 Å². The Hall–Kier alpha value is -2.12. The van der Waals surface area contributed by atoms with Crippen LogP contribution in [-0.4, -0.2) is 15.7 Å². The molecule has 0 spiro atoms. The van der Waals surface area contributed by atoms with E-state index in [0.717, 1.165) is 28.0 Å². The van der Waals surface area contributed by atoms with E-state index in [2.05, 4.69) is 46.3 Å². The normalized spacial score (nSPS) is 10.8. The lowest BCUT2D eigenvalue weighted by Gasteiger charge is -2.07. The minimum Gasteiger partial charge on any atom is -0.489 e. The van der Waals surface area contributed by atoms with Crippen molar-refractivity contribution < 1.29 is 9.53 Å². The number of halogens is 1. The lowest BCUT2D eigenvalue weighted by molar-refractivity contribution is 0.0954. The van der Waals surface area contributed by atoms with Crippen molar-refractivity contribution in [2.24, 2.45) is 0 Å². The smallest absolute Gasteiger partial charge is 0.261 e. The van der Waals surface area contributed by atoms with Crippen molar-refractivity contribution in [2.75, 3.05) is 0 Å². The molecule has 1 N–H and O–H groups in total. The Kier molecular flexibility index (Phi) is 6.34. The molecule has 0 bridgehead atoms. The molecule has 0 fully saturated rings. The van der Waals surface area contributed by atoms with Crippen molar-refractivity contribution in [3.8, 4) is 5.75 Å². The van der Waals surface area contributed by atoms with Gasteiger partial charge in [-0.15, -0.1) is 11.3 Å². The van der Waals surface area contributed by atoms with Gasteiger partial charge in [0.1, 0.15) is 12.4 Å². The molecule has 5 nitrogen and oxygen atoms in total. The van der Waals surface area contributed by atoms with Gasteiger partial charge >= 0.3 is 0 Å². The Morgan fingerprint density at radius 2 is 2.11 bits per heavy atom. The van der Waals surface area contributed by atoms with Crippen LogP contribution in [0.5, 0.6) is 5.75 Å². The van der Waals surface area contributed by atoms with Gasteiger partial charge in [0.05, 0.1) is 27.8 Å². The number of nitrogens with zero attached hydrogens (tertiary/aromatic N) is 2. The lowest BCUT2D eigenvalue weighted by atomic mass is 10.1. The Morgan fingerprint density at radius 1 is 1.30 bits per heavy atom. The molecule has 0 radical (unpaired) electrons. The molecule has 0 aliphatic carbocycles. The van der Waals surface area contributed by atoms with Crippen LogP contribution >= 0.6 is 27.3 Å². The second-order valence-electron chi connectivity index (χ2n) is 6.29. The van der Waals surface area contributed by atoms with E-state index in [1.165, 1.54) is 22.5 Å². The number of rotatable bonds is 7. The summed E-state index contributed by atoms with van der Waals surface area (Å²) in [4.78, 5) is 13.1. The molecule has 0 aliphatic heterocycles. The number of aromatic nitrogens is 2. The quantitative estimate of drug-likeness (QED) is 0.562. The molecule has 3 rings (SSSR count). The third-order valence-electron chi connectivity index (χ3n) is 4.38. The summed E-state index contributed by atoms with van der Waals surface area (Å²) in [5.41, 5.74) is 4.40. The molecule has 0 unspecified atom stereocenters. The summed E-state index contributed by atoms with van der Waals surface area (Å²) in [5, 5.41) is 9.18. The highest BCUT2D eigenvalue weighted by Gasteiger charge is 2.13. The molecular weight excluding hydrogens is 426 g/mol. The maximum absolute atomic E-state index is 12.4. The van der Waals surface area contributed by atoms with Crippen LogP contribution in [0.15, 0.2) is 40.3 Å². The molecule has 142 valence electrons. The number of amides is 1. The SMILES string of the molecule is CCn1ncc(Br)c1CNC(=O)c1cc(COc2ccc(C)c(C)c2)cs1. The van der Waals surface area contributed by atoms with Crippen LogP contribution in [0, 0.1) is 13.8 Å². The molecule has 1 aromatic carbocycles. The fraction of sp³-hybridized carbons (Fsp3) is 0.300. The van der Waals surface area contributed by atoms with Crippen LogP contribution in [0.3, 0.4) is 0 Å². The summed E-state index contributed by atoms with van der Waals surface area (Å²) < 4.78 is 8.61. The van der Waals surface area contributed by atoms with Gasteiger partial charge in [-0.3, -0.25) is 9.48 Å². The Morgan fingerprint density at radius 3 is 2.85 bits per heavy atom. The number of benzene rings is 1. The number of ether oxygens (including phenoxy) is 1. The van der Waals surface area contributed by atoms with Crippen molar-refractivity contribution in [2.45, 2.75) is 40.5 Å². The van der Waals surface area contributed by atoms with Gasteiger partial charge in [0.15, 0.2) is 0 Å². The number of nitrogens with one attached hydrogen (secondary N) is 1. The number of carbonyl (C=O) groups excluding carboxylic acids is 1. The van der Waals surface area contributed by atoms with Gasteiger partial charge < -0.3 is 10.1 Å². The van der Waals surface area contributed by atoms with E-state index in [4.69, 9.17) is 4.74 Å². The first-order chi connectivity index (χ1) is 13.0. The summed E-state index contributed by atoms with van der Waals surface area (Å²) in [6, 6.07) is 7.94. The molecule has 0 saturated heterocycles. The zero-order valence-corrected chi connectivity index (χ0v) is 18.0. The molecule has 27 heavy (non-hydrogen) atoms. The van der Waals surface area contributed by atoms with Crippen LogP contribution in [0.25, 0.3) is 0 Å². The maximum Gasteiger partial charge on any atom is 0.261 e. The molecule has 0 atom stereocenters. The molecule has 0 aliphatic rings. The zero-order valence-electron chi connectivity index (χ0n) is 15.6. The Labute approximate surface area is 171 Å². The maximum atomic E-state index is 12.4.